The van der Waals surface area contributed by atoms with Crippen LogP contribution in [0.1, 0.15) is 48.1 Å². The average molecular weight is 563 g/mol. The Morgan fingerprint density at radius 3 is 2.24 bits per heavy atom. The highest BCUT2D eigenvalue weighted by atomic mass is 16.4. The smallest absolute Gasteiger partial charge is 0.358 e. The van der Waals surface area contributed by atoms with Crippen LogP contribution in [0.4, 0.5) is 0 Å². The maximum atomic E-state index is 13.7. The number of hydrogen-bond acceptors (Lipinski definition) is 7. The summed E-state index contributed by atoms with van der Waals surface area (Å²) >= 11 is 0. The zero-order valence-electron chi connectivity index (χ0n) is 23.1. The van der Waals surface area contributed by atoms with Crippen molar-refractivity contribution in [1.29, 1.82) is 0 Å². The van der Waals surface area contributed by atoms with Crippen LogP contribution < -0.4 is 11.1 Å². The Labute approximate surface area is 237 Å². The Morgan fingerprint density at radius 1 is 1.05 bits per heavy atom. The van der Waals surface area contributed by atoms with Crippen LogP contribution in [0.5, 0.6) is 0 Å². The van der Waals surface area contributed by atoms with E-state index in [-0.39, 0.29) is 36.7 Å². The van der Waals surface area contributed by atoms with Gasteiger partial charge in [-0.05, 0) is 29.5 Å². The number of nitrogens with one attached hydrogen (secondary N) is 1. The van der Waals surface area contributed by atoms with Crippen LogP contribution in [0, 0.1) is 12.8 Å². The second-order valence-corrected chi connectivity index (χ2v) is 10.6. The number of aromatic carboxylic acids is 1. The number of aromatic nitrogens is 3. The topological polar surface area (TPSA) is 181 Å². The van der Waals surface area contributed by atoms with E-state index in [4.69, 9.17) is 5.73 Å². The van der Waals surface area contributed by atoms with E-state index in [1.807, 2.05) is 54.6 Å². The van der Waals surface area contributed by atoms with Gasteiger partial charge in [-0.3, -0.25) is 14.4 Å². The summed E-state index contributed by atoms with van der Waals surface area (Å²) in [5, 5.41) is 30.0. The van der Waals surface area contributed by atoms with E-state index in [0.717, 1.165) is 16.7 Å². The number of rotatable bonds is 10. The molecule has 2 heterocycles. The highest BCUT2D eigenvalue weighted by Gasteiger charge is 2.43. The maximum absolute atomic E-state index is 13.7. The molecule has 0 bridgehead atoms. The molecule has 0 aliphatic carbocycles. The van der Waals surface area contributed by atoms with Gasteiger partial charge in [0.05, 0.1) is 11.8 Å². The van der Waals surface area contributed by atoms with Gasteiger partial charge < -0.3 is 26.2 Å². The number of carbonyl (C=O) groups excluding carboxylic acids is 3. The van der Waals surface area contributed by atoms with Crippen LogP contribution in [0.25, 0.3) is 11.1 Å². The van der Waals surface area contributed by atoms with Crippen molar-refractivity contribution in [3.63, 3.8) is 0 Å². The predicted octanol–water partition coefficient (Wildman–Crippen LogP) is 1.32. The molecule has 3 aromatic rings. The Balaban J connectivity index is 1.51. The van der Waals surface area contributed by atoms with Gasteiger partial charge in [-0.15, -0.1) is 5.10 Å². The first-order valence-electron chi connectivity index (χ1n) is 13.4. The number of likely N-dealkylation sites (tertiary alicyclic amines) is 1. The maximum Gasteiger partial charge on any atom is 0.358 e. The lowest BCUT2D eigenvalue weighted by Crippen LogP contribution is -2.54. The molecule has 4 atom stereocenters. The molecule has 5 N–H and O–H groups in total. The lowest BCUT2D eigenvalue weighted by atomic mass is 10.00. The van der Waals surface area contributed by atoms with Gasteiger partial charge in [-0.2, -0.15) is 0 Å². The van der Waals surface area contributed by atoms with Gasteiger partial charge in [0.25, 0.3) is 0 Å². The first kappa shape index (κ1) is 29.4. The number of nitrogens with two attached hydrogens (primary N) is 1. The number of benzene rings is 2. The zero-order valence-corrected chi connectivity index (χ0v) is 23.1. The molecule has 3 amide bonds. The number of carbonyl (C=O) groups is 4. The average Bonchev–Trinajstić information content (AvgIpc) is 3.51. The van der Waals surface area contributed by atoms with Crippen molar-refractivity contribution in [2.45, 2.75) is 57.8 Å². The summed E-state index contributed by atoms with van der Waals surface area (Å²) in [5.74, 6) is -3.49. The highest BCUT2D eigenvalue weighted by molar-refractivity contribution is 5.93. The monoisotopic (exact) mass is 562 g/mol. The lowest BCUT2D eigenvalue weighted by Gasteiger charge is -2.31. The first-order valence-corrected chi connectivity index (χ1v) is 13.4. The second kappa shape index (κ2) is 12.3. The van der Waals surface area contributed by atoms with Crippen molar-refractivity contribution >= 4 is 23.7 Å². The Kier molecular flexibility index (Phi) is 8.82. The number of carboxylic acid groups (broad SMARTS) is 1. The van der Waals surface area contributed by atoms with Gasteiger partial charge in [0.2, 0.25) is 17.7 Å². The second-order valence-electron chi connectivity index (χ2n) is 10.6. The molecule has 1 aromatic heterocycles. The molecule has 216 valence electrons. The van der Waals surface area contributed by atoms with Gasteiger partial charge in [-0.25, -0.2) is 9.48 Å². The summed E-state index contributed by atoms with van der Waals surface area (Å²) in [6.45, 7) is 4.91. The van der Waals surface area contributed by atoms with Crippen LogP contribution in [0.2, 0.25) is 0 Å². The third kappa shape index (κ3) is 6.43. The summed E-state index contributed by atoms with van der Waals surface area (Å²) in [4.78, 5) is 52.2. The predicted molar refractivity (Wildman–Crippen MR) is 148 cm³/mol. The van der Waals surface area contributed by atoms with Gasteiger partial charge in [0.15, 0.2) is 5.69 Å². The van der Waals surface area contributed by atoms with Crippen LogP contribution in [-0.2, 0) is 20.8 Å². The van der Waals surface area contributed by atoms with E-state index >= 15 is 0 Å². The van der Waals surface area contributed by atoms with E-state index in [2.05, 4.69) is 15.6 Å². The first-order chi connectivity index (χ1) is 19.5. The van der Waals surface area contributed by atoms with E-state index < -0.39 is 47.9 Å². The largest absolute Gasteiger partial charge is 0.476 e. The van der Waals surface area contributed by atoms with E-state index in [0.29, 0.717) is 0 Å². The van der Waals surface area contributed by atoms with Crippen LogP contribution in [0.15, 0.2) is 54.6 Å². The fraction of sp³-hybridized carbons (Fsp3) is 0.379. The molecule has 0 saturated carbocycles. The van der Waals surface area contributed by atoms with E-state index in [1.54, 1.807) is 13.8 Å². The van der Waals surface area contributed by atoms with Crippen molar-refractivity contribution < 1.29 is 29.4 Å². The Hall–Kier alpha value is -4.58. The SMILES string of the molecule is Cc1c(C(=O)O)nnn1[C@H](C(=O)N1C[C@H](O)C[C@H]1C(=O)N[C@H](Cc1ccc(-c2ccccc2)cc1)C(N)=O)C(C)C. The molecule has 12 nitrogen and oxygen atoms in total. The van der Waals surface area contributed by atoms with Crippen molar-refractivity contribution in [3.05, 3.63) is 71.5 Å². The molecule has 1 saturated heterocycles. The quantitative estimate of drug-likeness (QED) is 0.285. The van der Waals surface area contributed by atoms with Crippen molar-refractivity contribution in [2.24, 2.45) is 11.7 Å². The Morgan fingerprint density at radius 2 is 1.68 bits per heavy atom. The number of hydrogen-bond donors (Lipinski definition) is 4. The van der Waals surface area contributed by atoms with Crippen molar-refractivity contribution in [1.82, 2.24) is 25.2 Å². The molecule has 1 fully saturated rings. The molecule has 41 heavy (non-hydrogen) atoms. The summed E-state index contributed by atoms with van der Waals surface area (Å²) in [7, 11) is 0. The molecule has 2 aromatic carbocycles. The fourth-order valence-electron chi connectivity index (χ4n) is 5.14. The van der Waals surface area contributed by atoms with E-state index in [1.165, 1.54) is 16.5 Å². The number of primary amides is 1. The third-order valence-corrected chi connectivity index (χ3v) is 7.30. The number of nitrogens with zero attached hydrogens (tertiary/aromatic N) is 4. The van der Waals surface area contributed by atoms with Crippen LogP contribution >= 0.6 is 0 Å². The highest BCUT2D eigenvalue weighted by Crippen LogP contribution is 2.28. The normalized spacial score (nSPS) is 18.2. The summed E-state index contributed by atoms with van der Waals surface area (Å²) in [5.41, 5.74) is 8.37. The Bertz CT molecular complexity index is 1420. The van der Waals surface area contributed by atoms with Gasteiger partial charge in [0, 0.05) is 19.4 Å². The summed E-state index contributed by atoms with van der Waals surface area (Å²) in [6, 6.07) is 14.3. The number of aliphatic hydroxyl groups is 1. The molecule has 0 radical (unpaired) electrons. The summed E-state index contributed by atoms with van der Waals surface area (Å²) in [6.07, 6.45) is -0.855. The fourth-order valence-corrected chi connectivity index (χ4v) is 5.14. The third-order valence-electron chi connectivity index (χ3n) is 7.30. The minimum absolute atomic E-state index is 0.0314. The molecule has 1 aliphatic rings. The molecule has 12 heteroatoms. The van der Waals surface area contributed by atoms with Gasteiger partial charge >= 0.3 is 5.97 Å². The molecule has 0 spiro atoms. The minimum Gasteiger partial charge on any atom is -0.476 e. The number of β-amino-alcohol motifs (C(OH)–C–C–N with tert-alkyl or cyclic N) is 1. The lowest BCUT2D eigenvalue weighted by molar-refractivity contribution is -0.143. The number of aliphatic hydroxyl groups excluding tert-OH is 1. The van der Waals surface area contributed by atoms with E-state index in [9.17, 15) is 29.4 Å². The minimum atomic E-state index is -1.27. The molecule has 0 unspecified atom stereocenters. The standard InChI is InChI=1S/C29H34N6O6/c1-16(2)25(35-17(3)24(29(40)41)32-33-35)28(39)34-15-21(36)14-23(34)27(38)31-22(26(30)37)13-18-9-11-20(12-10-18)19-7-5-4-6-8-19/h4-12,16,21-23,25,36H,13-15H2,1-3H3,(H2,30,37)(H,31,38)(H,40,41)/t21-,22-,23+,25+/m1/s1. The van der Waals surface area contributed by atoms with Crippen LogP contribution in [-0.4, -0.2) is 78.5 Å². The van der Waals surface area contributed by atoms with Gasteiger partial charge in [0.1, 0.15) is 18.1 Å². The summed E-state index contributed by atoms with van der Waals surface area (Å²) < 4.78 is 1.24. The van der Waals surface area contributed by atoms with Gasteiger partial charge in [-0.1, -0.05) is 73.7 Å². The molecular formula is C29H34N6O6. The van der Waals surface area contributed by atoms with Crippen molar-refractivity contribution in [2.75, 3.05) is 6.54 Å². The molecule has 1 aliphatic heterocycles. The number of carboxylic acids is 1. The van der Waals surface area contributed by atoms with Crippen molar-refractivity contribution in [3.8, 4) is 11.1 Å². The zero-order chi connectivity index (χ0) is 29.8. The number of amides is 3. The molecular weight excluding hydrogens is 528 g/mol. The molecule has 4 rings (SSSR count). The van der Waals surface area contributed by atoms with Crippen LogP contribution in [0.3, 0.4) is 0 Å².